The molecule has 3 aromatic heterocycles. The number of anilines is 2. The molecule has 0 saturated heterocycles. The topological polar surface area (TPSA) is 124 Å². The summed E-state index contributed by atoms with van der Waals surface area (Å²) < 4.78 is 1.92. The molecular weight excluding hydrogens is 574 g/mol. The lowest BCUT2D eigenvalue weighted by atomic mass is 10.1. The van der Waals surface area contributed by atoms with Crippen LogP contribution in [0.1, 0.15) is 0 Å². The minimum atomic E-state index is -0.490. The Balaban J connectivity index is 0.00000200. The number of rotatable bonds is 8. The Bertz CT molecular complexity index is 1560. The Morgan fingerprint density at radius 1 is 0.921 bits per heavy atom. The van der Waals surface area contributed by atoms with Gasteiger partial charge in [-0.25, -0.2) is 19.9 Å². The number of nitro groups is 1. The largest absolute Gasteiger partial charge is 0.368 e. The van der Waals surface area contributed by atoms with Crippen molar-refractivity contribution in [3.63, 3.8) is 0 Å². The Morgan fingerprint density at radius 2 is 1.71 bits per heavy atom. The van der Waals surface area contributed by atoms with Crippen LogP contribution in [-0.2, 0) is 0 Å². The number of hydrogen-bond acceptors (Lipinski definition) is 8. The summed E-state index contributed by atoms with van der Waals surface area (Å²) in [5, 5.41) is 18.0. The van der Waals surface area contributed by atoms with Crippen LogP contribution in [0.4, 0.5) is 17.5 Å². The van der Waals surface area contributed by atoms with Crippen molar-refractivity contribution in [1.29, 1.82) is 0 Å². The molecule has 196 valence electrons. The highest BCUT2D eigenvalue weighted by molar-refractivity contribution is 6.36. The molecule has 3 heterocycles. The molecule has 0 unspecified atom stereocenters. The van der Waals surface area contributed by atoms with Gasteiger partial charge in [-0.1, -0.05) is 35.3 Å². The molecule has 5 aromatic rings. The van der Waals surface area contributed by atoms with Crippen LogP contribution in [-0.4, -0.2) is 42.5 Å². The van der Waals surface area contributed by atoms with Gasteiger partial charge in [0.05, 0.1) is 32.9 Å². The molecule has 0 aliphatic rings. The van der Waals surface area contributed by atoms with Gasteiger partial charge in [0.15, 0.2) is 0 Å². The molecular formula is C24H20Cl4N8O2. The normalized spacial score (nSPS) is 10.4. The molecule has 0 aliphatic carbocycles. The number of imidazole rings is 1. The lowest BCUT2D eigenvalue weighted by Crippen LogP contribution is -2.16. The highest BCUT2D eigenvalue weighted by atomic mass is 35.5. The van der Waals surface area contributed by atoms with Crippen LogP contribution in [0.25, 0.3) is 28.0 Å². The lowest BCUT2D eigenvalue weighted by Gasteiger charge is -2.14. The van der Waals surface area contributed by atoms with Gasteiger partial charge in [0.25, 0.3) is 5.69 Å². The summed E-state index contributed by atoms with van der Waals surface area (Å²) in [5.74, 6) is 0.932. The van der Waals surface area contributed by atoms with E-state index in [1.807, 2.05) is 34.9 Å². The maximum absolute atomic E-state index is 10.8. The van der Waals surface area contributed by atoms with Crippen LogP contribution < -0.4 is 10.6 Å². The van der Waals surface area contributed by atoms with Crippen LogP contribution in [0.15, 0.2) is 73.3 Å². The van der Waals surface area contributed by atoms with Crippen LogP contribution in [0.3, 0.4) is 0 Å². The van der Waals surface area contributed by atoms with Crippen molar-refractivity contribution in [2.75, 3.05) is 23.7 Å². The lowest BCUT2D eigenvalue weighted by molar-refractivity contribution is -0.385. The first kappa shape index (κ1) is 28.9. The monoisotopic (exact) mass is 592 g/mol. The van der Waals surface area contributed by atoms with Gasteiger partial charge < -0.3 is 10.6 Å². The molecule has 0 fully saturated rings. The van der Waals surface area contributed by atoms with E-state index >= 15 is 0 Å². The molecule has 0 saturated carbocycles. The van der Waals surface area contributed by atoms with E-state index in [1.54, 1.807) is 30.7 Å². The summed E-state index contributed by atoms with van der Waals surface area (Å²) in [5.41, 5.74) is 3.72. The van der Waals surface area contributed by atoms with E-state index in [-0.39, 0.29) is 30.5 Å². The Kier molecular flexibility index (Phi) is 9.65. The van der Waals surface area contributed by atoms with E-state index < -0.39 is 4.92 Å². The van der Waals surface area contributed by atoms with E-state index in [4.69, 9.17) is 28.2 Å². The van der Waals surface area contributed by atoms with Gasteiger partial charge in [0.1, 0.15) is 24.0 Å². The van der Waals surface area contributed by atoms with Crippen molar-refractivity contribution in [2.45, 2.75) is 0 Å². The van der Waals surface area contributed by atoms with Gasteiger partial charge in [-0.3, -0.25) is 14.7 Å². The van der Waals surface area contributed by atoms with E-state index in [9.17, 15) is 10.1 Å². The maximum atomic E-state index is 10.8. The number of benzene rings is 2. The molecule has 0 radical (unpaired) electrons. The van der Waals surface area contributed by atoms with E-state index in [0.29, 0.717) is 51.8 Å². The third-order valence-corrected chi connectivity index (χ3v) is 5.89. The fraction of sp³-hybridized carbons (Fsp3) is 0.0833. The average molecular weight is 594 g/mol. The SMILES string of the molecule is Cl.Cl.O=[N+]([O-])c1ccc(NCCNc2ncc(-n3cnc4ccccc43)c(-c3ccc(Cl)cc3Cl)n2)nc1. The van der Waals surface area contributed by atoms with Crippen molar-refractivity contribution in [2.24, 2.45) is 0 Å². The molecule has 5 rings (SSSR count). The highest BCUT2D eigenvalue weighted by Gasteiger charge is 2.16. The van der Waals surface area contributed by atoms with Crippen molar-refractivity contribution in [3.8, 4) is 16.9 Å². The summed E-state index contributed by atoms with van der Waals surface area (Å²) in [7, 11) is 0. The number of para-hydroxylation sites is 2. The predicted molar refractivity (Wildman–Crippen MR) is 154 cm³/mol. The molecule has 14 heteroatoms. The van der Waals surface area contributed by atoms with E-state index in [1.165, 1.54) is 12.3 Å². The number of nitrogens with one attached hydrogen (secondary N) is 2. The summed E-state index contributed by atoms with van der Waals surface area (Å²) in [4.78, 5) is 28.0. The molecule has 10 nitrogen and oxygen atoms in total. The fourth-order valence-electron chi connectivity index (χ4n) is 3.63. The molecule has 0 atom stereocenters. The number of pyridine rings is 1. The van der Waals surface area contributed by atoms with Crippen LogP contribution >= 0.6 is 48.0 Å². The van der Waals surface area contributed by atoms with Gasteiger partial charge in [-0.2, -0.15) is 0 Å². The van der Waals surface area contributed by atoms with Crippen molar-refractivity contribution in [3.05, 3.63) is 93.5 Å². The third-order valence-electron chi connectivity index (χ3n) is 5.34. The van der Waals surface area contributed by atoms with Gasteiger partial charge in [-0.05, 0) is 36.4 Å². The smallest absolute Gasteiger partial charge is 0.287 e. The maximum Gasteiger partial charge on any atom is 0.287 e. The van der Waals surface area contributed by atoms with Crippen molar-refractivity contribution < 1.29 is 4.92 Å². The van der Waals surface area contributed by atoms with Crippen LogP contribution in [0, 0.1) is 10.1 Å². The molecule has 2 N–H and O–H groups in total. The van der Waals surface area contributed by atoms with Gasteiger partial charge in [-0.15, -0.1) is 24.8 Å². The van der Waals surface area contributed by atoms with Gasteiger partial charge in [0.2, 0.25) is 5.95 Å². The van der Waals surface area contributed by atoms with Gasteiger partial charge >= 0.3 is 0 Å². The Labute approximate surface area is 239 Å². The second-order valence-electron chi connectivity index (χ2n) is 7.67. The quantitative estimate of drug-likeness (QED) is 0.119. The number of hydrogen-bond donors (Lipinski definition) is 2. The predicted octanol–water partition coefficient (Wildman–Crippen LogP) is 6.46. The first-order valence-electron chi connectivity index (χ1n) is 10.8. The molecule has 0 amide bonds. The van der Waals surface area contributed by atoms with Crippen LogP contribution in [0.2, 0.25) is 10.0 Å². The summed E-state index contributed by atoms with van der Waals surface area (Å²) in [6.45, 7) is 0.957. The zero-order valence-corrected chi connectivity index (χ0v) is 22.6. The standard InChI is InChI=1S/C24H18Cl2N8O2.2ClH/c25-15-5-7-17(18(26)11-15)23-21(33-14-31-19-3-1-2-4-20(19)33)13-30-24(32-23)28-10-9-27-22-8-6-16(12-29-22)34(35)36;;/h1-8,11-14H,9-10H2,(H,27,29)(H,28,30,32);2*1H. The summed E-state index contributed by atoms with van der Waals surface area (Å²) >= 11 is 12.7. The second-order valence-corrected chi connectivity index (χ2v) is 8.51. The Hall–Kier alpha value is -3.70. The second kappa shape index (κ2) is 12.7. The first-order chi connectivity index (χ1) is 17.5. The van der Waals surface area contributed by atoms with Crippen LogP contribution in [0.5, 0.6) is 0 Å². The molecule has 38 heavy (non-hydrogen) atoms. The average Bonchev–Trinajstić information content (AvgIpc) is 3.31. The Morgan fingerprint density at radius 3 is 2.45 bits per heavy atom. The summed E-state index contributed by atoms with van der Waals surface area (Å²) in [6.07, 6.45) is 4.65. The molecule has 0 aliphatic heterocycles. The van der Waals surface area contributed by atoms with Crippen molar-refractivity contribution >= 4 is 76.5 Å². The number of fused-ring (bicyclic) bond motifs is 1. The highest BCUT2D eigenvalue weighted by Crippen LogP contribution is 2.34. The van der Waals surface area contributed by atoms with Crippen molar-refractivity contribution in [1.82, 2.24) is 24.5 Å². The fourth-order valence-corrected chi connectivity index (χ4v) is 4.13. The zero-order valence-electron chi connectivity index (χ0n) is 19.4. The zero-order chi connectivity index (χ0) is 25.1. The van der Waals surface area contributed by atoms with E-state index in [0.717, 1.165) is 11.0 Å². The third kappa shape index (κ3) is 6.22. The minimum Gasteiger partial charge on any atom is -0.368 e. The molecule has 2 aromatic carbocycles. The first-order valence-corrected chi connectivity index (χ1v) is 11.6. The number of aromatic nitrogens is 5. The number of halogens is 4. The summed E-state index contributed by atoms with van der Waals surface area (Å²) in [6, 6.07) is 16.0. The number of nitrogens with zero attached hydrogens (tertiary/aromatic N) is 6. The molecule has 0 bridgehead atoms. The molecule has 0 spiro atoms. The van der Waals surface area contributed by atoms with Gasteiger partial charge in [0, 0.05) is 29.7 Å². The van der Waals surface area contributed by atoms with E-state index in [2.05, 4.69) is 25.6 Å². The minimum absolute atomic E-state index is 0.